The number of hydrogen-bond donors (Lipinski definition) is 0. The molecule has 1 aliphatic heterocycles. The second-order valence-corrected chi connectivity index (χ2v) is 7.14. The Morgan fingerprint density at radius 2 is 2.05 bits per heavy atom. The first-order chi connectivity index (χ1) is 10.1. The Balaban J connectivity index is 1.75. The number of anilines is 1. The van der Waals surface area contributed by atoms with Gasteiger partial charge in [0, 0.05) is 47.0 Å². The topological polar surface area (TPSA) is 41.4 Å². The Hall–Kier alpha value is -1.18. The van der Waals surface area contributed by atoms with E-state index in [-0.39, 0.29) is 5.56 Å². The van der Waals surface area contributed by atoms with Gasteiger partial charge in [-0.15, -0.1) is 11.3 Å². The van der Waals surface area contributed by atoms with Crippen LogP contribution in [0, 0.1) is 0 Å². The molecule has 21 heavy (non-hydrogen) atoms. The highest BCUT2D eigenvalue weighted by Gasteiger charge is 2.15. The first-order valence-electron chi connectivity index (χ1n) is 6.85. The minimum absolute atomic E-state index is 0.0454. The van der Waals surface area contributed by atoms with Crippen LogP contribution in [-0.4, -0.2) is 47.9 Å². The SMILES string of the molecule is CN1CCN(c2cnn(Cc3cc(Br)cs3)c(=O)c2)CC1. The molecule has 7 heteroatoms. The van der Waals surface area contributed by atoms with Crippen molar-refractivity contribution in [2.24, 2.45) is 0 Å². The van der Waals surface area contributed by atoms with E-state index in [4.69, 9.17) is 0 Å². The molecule has 0 aliphatic carbocycles. The summed E-state index contributed by atoms with van der Waals surface area (Å²) < 4.78 is 2.56. The zero-order valence-electron chi connectivity index (χ0n) is 11.8. The van der Waals surface area contributed by atoms with Crippen LogP contribution in [0.3, 0.4) is 0 Å². The van der Waals surface area contributed by atoms with Gasteiger partial charge in [-0.05, 0) is 29.0 Å². The molecule has 112 valence electrons. The van der Waals surface area contributed by atoms with Crippen molar-refractivity contribution in [3.63, 3.8) is 0 Å². The fourth-order valence-electron chi connectivity index (χ4n) is 2.36. The van der Waals surface area contributed by atoms with Crippen LogP contribution < -0.4 is 10.5 Å². The third kappa shape index (κ3) is 3.53. The highest BCUT2D eigenvalue weighted by Crippen LogP contribution is 2.20. The van der Waals surface area contributed by atoms with Crippen molar-refractivity contribution in [3.8, 4) is 0 Å². The number of aromatic nitrogens is 2. The van der Waals surface area contributed by atoms with E-state index in [1.165, 1.54) is 4.68 Å². The molecule has 0 saturated carbocycles. The van der Waals surface area contributed by atoms with Crippen LogP contribution in [0.5, 0.6) is 0 Å². The maximum atomic E-state index is 12.2. The molecule has 0 aromatic carbocycles. The lowest BCUT2D eigenvalue weighted by Gasteiger charge is -2.33. The molecule has 0 N–H and O–H groups in total. The van der Waals surface area contributed by atoms with Crippen LogP contribution in [0.25, 0.3) is 0 Å². The summed E-state index contributed by atoms with van der Waals surface area (Å²) >= 11 is 5.05. The Morgan fingerprint density at radius 1 is 1.29 bits per heavy atom. The molecule has 3 heterocycles. The molecular weight excluding hydrogens is 352 g/mol. The lowest BCUT2D eigenvalue weighted by Crippen LogP contribution is -2.45. The first kappa shape index (κ1) is 14.7. The smallest absolute Gasteiger partial charge is 0.269 e. The van der Waals surface area contributed by atoms with Crippen LogP contribution in [0.15, 0.2) is 33.0 Å². The predicted octanol–water partition coefficient (Wildman–Crippen LogP) is 1.87. The Bertz CT molecular complexity index is 676. The van der Waals surface area contributed by atoms with Crippen molar-refractivity contribution in [2.45, 2.75) is 6.54 Å². The van der Waals surface area contributed by atoms with E-state index in [1.54, 1.807) is 23.6 Å². The summed E-state index contributed by atoms with van der Waals surface area (Å²) in [6.45, 7) is 4.45. The minimum atomic E-state index is -0.0454. The van der Waals surface area contributed by atoms with Gasteiger partial charge in [-0.3, -0.25) is 4.79 Å². The zero-order chi connectivity index (χ0) is 14.8. The van der Waals surface area contributed by atoms with Gasteiger partial charge in [-0.2, -0.15) is 5.10 Å². The highest BCUT2D eigenvalue weighted by atomic mass is 79.9. The van der Waals surface area contributed by atoms with Crippen molar-refractivity contribution < 1.29 is 0 Å². The maximum Gasteiger partial charge on any atom is 0.269 e. The number of piperazine rings is 1. The fraction of sp³-hybridized carbons (Fsp3) is 0.429. The van der Waals surface area contributed by atoms with Crippen molar-refractivity contribution in [2.75, 3.05) is 38.1 Å². The van der Waals surface area contributed by atoms with Crippen LogP contribution >= 0.6 is 27.3 Å². The van der Waals surface area contributed by atoms with E-state index >= 15 is 0 Å². The predicted molar refractivity (Wildman–Crippen MR) is 89.3 cm³/mol. The van der Waals surface area contributed by atoms with E-state index in [0.717, 1.165) is 41.2 Å². The molecule has 2 aromatic rings. The van der Waals surface area contributed by atoms with E-state index in [2.05, 4.69) is 37.9 Å². The van der Waals surface area contributed by atoms with Gasteiger partial charge >= 0.3 is 0 Å². The molecule has 0 bridgehead atoms. The quantitative estimate of drug-likeness (QED) is 0.829. The maximum absolute atomic E-state index is 12.2. The molecule has 0 atom stereocenters. The minimum Gasteiger partial charge on any atom is -0.368 e. The van der Waals surface area contributed by atoms with Gasteiger partial charge in [-0.25, -0.2) is 4.68 Å². The number of hydrogen-bond acceptors (Lipinski definition) is 5. The highest BCUT2D eigenvalue weighted by molar-refractivity contribution is 9.10. The van der Waals surface area contributed by atoms with Gasteiger partial charge in [0.2, 0.25) is 0 Å². The monoisotopic (exact) mass is 368 g/mol. The Morgan fingerprint density at radius 3 is 2.67 bits per heavy atom. The molecule has 0 spiro atoms. The van der Waals surface area contributed by atoms with Crippen molar-refractivity contribution in [3.05, 3.63) is 43.4 Å². The van der Waals surface area contributed by atoms with E-state index in [1.807, 2.05) is 11.4 Å². The molecule has 0 amide bonds. The van der Waals surface area contributed by atoms with Crippen molar-refractivity contribution >= 4 is 33.0 Å². The van der Waals surface area contributed by atoms with Crippen molar-refractivity contribution in [1.82, 2.24) is 14.7 Å². The molecular formula is C14H17BrN4OS. The molecule has 0 radical (unpaired) electrons. The summed E-state index contributed by atoms with van der Waals surface area (Å²) in [5.74, 6) is 0. The normalized spacial score (nSPS) is 16.4. The molecule has 1 aliphatic rings. The van der Waals surface area contributed by atoms with E-state index in [0.29, 0.717) is 6.54 Å². The van der Waals surface area contributed by atoms with Gasteiger partial charge in [-0.1, -0.05) is 0 Å². The Labute approximate surface area is 135 Å². The average molecular weight is 369 g/mol. The third-order valence-corrected chi connectivity index (χ3v) is 5.33. The number of likely N-dealkylation sites (N-methyl/N-ethyl adjacent to an activating group) is 1. The molecule has 1 saturated heterocycles. The number of rotatable bonds is 3. The van der Waals surface area contributed by atoms with E-state index < -0.39 is 0 Å². The summed E-state index contributed by atoms with van der Waals surface area (Å²) in [5, 5.41) is 6.33. The molecule has 3 rings (SSSR count). The van der Waals surface area contributed by atoms with Gasteiger partial charge < -0.3 is 9.80 Å². The van der Waals surface area contributed by atoms with Crippen molar-refractivity contribution in [1.29, 1.82) is 0 Å². The second kappa shape index (κ2) is 6.29. The van der Waals surface area contributed by atoms with E-state index in [9.17, 15) is 4.79 Å². The standard InChI is InChI=1S/C14H17BrN4OS/c1-17-2-4-18(5-3-17)12-7-14(20)19(16-8-12)9-13-6-11(15)10-21-13/h6-8,10H,2-5,9H2,1H3. The number of nitrogens with zero attached hydrogens (tertiary/aromatic N) is 4. The van der Waals surface area contributed by atoms with Gasteiger partial charge in [0.1, 0.15) is 0 Å². The molecule has 2 aromatic heterocycles. The van der Waals surface area contributed by atoms with Gasteiger partial charge in [0.15, 0.2) is 0 Å². The zero-order valence-corrected chi connectivity index (χ0v) is 14.2. The Kier molecular flexibility index (Phi) is 4.42. The van der Waals surface area contributed by atoms with Crippen LogP contribution in [0.4, 0.5) is 5.69 Å². The average Bonchev–Trinajstić information content (AvgIpc) is 2.87. The van der Waals surface area contributed by atoms with Crippen LogP contribution in [0.1, 0.15) is 4.88 Å². The van der Waals surface area contributed by atoms with Gasteiger partial charge in [0.25, 0.3) is 5.56 Å². The number of halogens is 1. The summed E-state index contributed by atoms with van der Waals surface area (Å²) in [5.41, 5.74) is 0.882. The first-order valence-corrected chi connectivity index (χ1v) is 8.52. The fourth-order valence-corrected chi connectivity index (χ4v) is 3.80. The summed E-state index contributed by atoms with van der Waals surface area (Å²) in [4.78, 5) is 17.8. The lowest BCUT2D eigenvalue weighted by atomic mass is 10.3. The molecule has 1 fully saturated rings. The lowest BCUT2D eigenvalue weighted by molar-refractivity contribution is 0.312. The summed E-state index contributed by atoms with van der Waals surface area (Å²) in [7, 11) is 2.12. The summed E-state index contributed by atoms with van der Waals surface area (Å²) in [6, 6.07) is 3.72. The summed E-state index contributed by atoms with van der Waals surface area (Å²) in [6.07, 6.45) is 1.80. The number of thiophene rings is 1. The molecule has 0 unspecified atom stereocenters. The second-order valence-electron chi connectivity index (χ2n) is 5.23. The van der Waals surface area contributed by atoms with Gasteiger partial charge in [0.05, 0.1) is 18.4 Å². The van der Waals surface area contributed by atoms with Crippen LogP contribution in [-0.2, 0) is 6.54 Å². The third-order valence-electron chi connectivity index (χ3n) is 3.65. The largest absolute Gasteiger partial charge is 0.368 e. The van der Waals surface area contributed by atoms with Crippen LogP contribution in [0.2, 0.25) is 0 Å². The molecule has 5 nitrogen and oxygen atoms in total.